The van der Waals surface area contributed by atoms with E-state index in [9.17, 15) is 9.36 Å². The summed E-state index contributed by atoms with van der Waals surface area (Å²) in [6.07, 6.45) is 3.94. The van der Waals surface area contributed by atoms with E-state index < -0.39 is 7.60 Å². The predicted molar refractivity (Wildman–Crippen MR) is 115 cm³/mol. The Balaban J connectivity index is 1.86. The first-order chi connectivity index (χ1) is 13.3. The number of ketones is 1. The monoisotopic (exact) mass is 423 g/mol. The number of rotatable bonds is 12. The topological polar surface area (TPSA) is 101 Å². The summed E-state index contributed by atoms with van der Waals surface area (Å²) in [5, 5.41) is 0. The summed E-state index contributed by atoms with van der Waals surface area (Å²) in [5.74, 6) is 0.385. The normalized spacial score (nSPS) is 14.0. The molecule has 0 radical (unpaired) electrons. The highest BCUT2D eigenvalue weighted by Crippen LogP contribution is 2.37. The van der Waals surface area contributed by atoms with E-state index in [2.05, 4.69) is 19.1 Å². The zero-order valence-corrected chi connectivity index (χ0v) is 18.0. The van der Waals surface area contributed by atoms with Gasteiger partial charge in [-0.25, -0.2) is 0 Å². The fourth-order valence-electron chi connectivity index (χ4n) is 3.24. The van der Waals surface area contributed by atoms with Crippen molar-refractivity contribution in [2.75, 3.05) is 6.16 Å². The Kier molecular flexibility index (Phi) is 9.06. The maximum Gasteiger partial charge on any atom is 0.325 e. The standard InChI is InChI=1S/C21H30NO4PS/c1-2-17(15-18(22)13-14-27(24,25)26)20-11-12-21(28-20)19(23)10-6-9-16-7-4-3-5-8-16/h3-5,7-8,11-12,17-18H,2,6,9-10,13-15,22H2,1H3,(H2,24,25,26). The number of thiophene rings is 1. The van der Waals surface area contributed by atoms with E-state index in [4.69, 9.17) is 15.5 Å². The lowest BCUT2D eigenvalue weighted by Gasteiger charge is -2.19. The molecule has 0 aliphatic heterocycles. The Morgan fingerprint density at radius 2 is 1.89 bits per heavy atom. The molecule has 0 saturated carbocycles. The van der Waals surface area contributed by atoms with Crippen molar-refractivity contribution in [1.29, 1.82) is 0 Å². The molecule has 2 atom stereocenters. The van der Waals surface area contributed by atoms with E-state index in [1.165, 1.54) is 16.9 Å². The molecule has 0 aliphatic rings. The first kappa shape index (κ1) is 23.0. The SMILES string of the molecule is CCC(CC(N)CCP(=O)(O)O)c1ccc(C(=O)CCCc2ccccc2)s1. The number of aryl methyl sites for hydroxylation is 1. The van der Waals surface area contributed by atoms with Gasteiger partial charge in [-0.05, 0) is 55.7 Å². The van der Waals surface area contributed by atoms with Crippen LogP contribution >= 0.6 is 18.9 Å². The van der Waals surface area contributed by atoms with E-state index in [1.54, 1.807) is 0 Å². The van der Waals surface area contributed by atoms with E-state index in [0.29, 0.717) is 19.3 Å². The molecule has 4 N–H and O–H groups in total. The number of nitrogens with two attached hydrogens (primary N) is 1. The molecule has 2 rings (SSSR count). The molecule has 1 aromatic carbocycles. The van der Waals surface area contributed by atoms with Crippen LogP contribution in [0.1, 0.15) is 65.1 Å². The van der Waals surface area contributed by atoms with Crippen LogP contribution in [0.2, 0.25) is 0 Å². The van der Waals surface area contributed by atoms with Crippen molar-refractivity contribution >= 4 is 24.7 Å². The molecular weight excluding hydrogens is 393 g/mol. The molecular formula is C21H30NO4PS. The Labute approximate surface area is 171 Å². The van der Waals surface area contributed by atoms with Gasteiger partial charge in [0.15, 0.2) is 5.78 Å². The Hall–Kier alpha value is -1.30. The van der Waals surface area contributed by atoms with Gasteiger partial charge in [0.2, 0.25) is 0 Å². The zero-order valence-electron chi connectivity index (χ0n) is 16.3. The van der Waals surface area contributed by atoms with E-state index >= 15 is 0 Å². The first-order valence-corrected chi connectivity index (χ1v) is 12.4. The predicted octanol–water partition coefficient (Wildman–Crippen LogP) is 4.73. The molecule has 2 unspecified atom stereocenters. The van der Waals surface area contributed by atoms with Crippen molar-refractivity contribution in [3.63, 3.8) is 0 Å². The van der Waals surface area contributed by atoms with Crippen LogP contribution in [-0.2, 0) is 11.0 Å². The van der Waals surface area contributed by atoms with Gasteiger partial charge < -0.3 is 15.5 Å². The second-order valence-electron chi connectivity index (χ2n) is 7.24. The molecule has 0 fully saturated rings. The molecule has 7 heteroatoms. The zero-order chi connectivity index (χ0) is 20.6. The summed E-state index contributed by atoms with van der Waals surface area (Å²) in [6.45, 7) is 2.07. The van der Waals surface area contributed by atoms with Gasteiger partial charge in [-0.1, -0.05) is 37.3 Å². The maximum absolute atomic E-state index is 12.5. The number of benzene rings is 1. The third kappa shape index (κ3) is 7.98. The smallest absolute Gasteiger partial charge is 0.325 e. The van der Waals surface area contributed by atoms with Crippen LogP contribution in [-0.4, -0.2) is 27.8 Å². The summed E-state index contributed by atoms with van der Waals surface area (Å²) >= 11 is 1.53. The van der Waals surface area contributed by atoms with Crippen LogP contribution < -0.4 is 5.73 Å². The summed E-state index contributed by atoms with van der Waals surface area (Å²) in [7, 11) is -4.01. The summed E-state index contributed by atoms with van der Waals surface area (Å²) < 4.78 is 11.0. The highest BCUT2D eigenvalue weighted by atomic mass is 32.1. The minimum Gasteiger partial charge on any atom is -0.328 e. The third-order valence-electron chi connectivity index (χ3n) is 4.89. The highest BCUT2D eigenvalue weighted by molar-refractivity contribution is 7.51. The van der Waals surface area contributed by atoms with Gasteiger partial charge in [0.05, 0.1) is 11.0 Å². The maximum atomic E-state index is 12.5. The molecule has 1 aromatic heterocycles. The summed E-state index contributed by atoms with van der Waals surface area (Å²) in [6, 6.07) is 13.8. The molecule has 0 bridgehead atoms. The van der Waals surface area contributed by atoms with Gasteiger partial charge in [0, 0.05) is 17.3 Å². The molecule has 0 saturated heterocycles. The van der Waals surface area contributed by atoms with Crippen LogP contribution in [0.5, 0.6) is 0 Å². The number of carbonyl (C=O) groups is 1. The van der Waals surface area contributed by atoms with Crippen LogP contribution in [0.3, 0.4) is 0 Å². The van der Waals surface area contributed by atoms with Gasteiger partial charge in [0.25, 0.3) is 0 Å². The van der Waals surface area contributed by atoms with Crippen LogP contribution in [0.15, 0.2) is 42.5 Å². The Bertz CT molecular complexity index is 787. The second kappa shape index (κ2) is 11.0. The van der Waals surface area contributed by atoms with Crippen LogP contribution in [0, 0.1) is 0 Å². The lowest BCUT2D eigenvalue weighted by atomic mass is 9.95. The van der Waals surface area contributed by atoms with Gasteiger partial charge in [-0.2, -0.15) is 0 Å². The van der Waals surface area contributed by atoms with E-state index in [0.717, 1.165) is 29.0 Å². The van der Waals surface area contributed by atoms with Crippen molar-refractivity contribution in [3.05, 3.63) is 57.8 Å². The fourth-order valence-corrected chi connectivity index (χ4v) is 5.08. The lowest BCUT2D eigenvalue weighted by molar-refractivity contribution is 0.0984. The molecule has 28 heavy (non-hydrogen) atoms. The largest absolute Gasteiger partial charge is 0.328 e. The lowest BCUT2D eigenvalue weighted by Crippen LogP contribution is -2.23. The first-order valence-electron chi connectivity index (χ1n) is 9.75. The summed E-state index contributed by atoms with van der Waals surface area (Å²) in [5.41, 5.74) is 7.32. The number of hydrogen-bond acceptors (Lipinski definition) is 4. The third-order valence-corrected chi connectivity index (χ3v) is 7.02. The number of Topliss-reactive ketones (excluding diaryl/α,β-unsaturated/α-hetero) is 1. The van der Waals surface area contributed by atoms with Crippen molar-refractivity contribution < 1.29 is 19.1 Å². The number of carbonyl (C=O) groups excluding carboxylic acids is 1. The molecule has 5 nitrogen and oxygen atoms in total. The van der Waals surface area contributed by atoms with Gasteiger partial charge in [-0.15, -0.1) is 11.3 Å². The van der Waals surface area contributed by atoms with E-state index in [1.807, 2.05) is 30.3 Å². The van der Waals surface area contributed by atoms with Crippen LogP contribution in [0.25, 0.3) is 0 Å². The number of hydrogen-bond donors (Lipinski definition) is 3. The van der Waals surface area contributed by atoms with E-state index in [-0.39, 0.29) is 23.9 Å². The molecule has 154 valence electrons. The minimum absolute atomic E-state index is 0.174. The van der Waals surface area contributed by atoms with Gasteiger partial charge >= 0.3 is 7.60 Å². The van der Waals surface area contributed by atoms with Crippen LogP contribution in [0.4, 0.5) is 0 Å². The Morgan fingerprint density at radius 3 is 2.54 bits per heavy atom. The quantitative estimate of drug-likeness (QED) is 0.338. The second-order valence-corrected chi connectivity index (χ2v) is 10.1. The average Bonchev–Trinajstić information content (AvgIpc) is 3.15. The fraction of sp³-hybridized carbons (Fsp3) is 0.476. The molecule has 0 aliphatic carbocycles. The molecule has 0 spiro atoms. The van der Waals surface area contributed by atoms with Crippen molar-refractivity contribution in [1.82, 2.24) is 0 Å². The molecule has 0 amide bonds. The molecule has 1 heterocycles. The van der Waals surface area contributed by atoms with Gasteiger partial charge in [0.1, 0.15) is 0 Å². The molecule has 2 aromatic rings. The van der Waals surface area contributed by atoms with Gasteiger partial charge in [-0.3, -0.25) is 9.36 Å². The van der Waals surface area contributed by atoms with Crippen molar-refractivity contribution in [2.45, 2.75) is 57.4 Å². The summed E-state index contributed by atoms with van der Waals surface area (Å²) in [4.78, 5) is 32.4. The minimum atomic E-state index is -4.01. The Morgan fingerprint density at radius 1 is 1.18 bits per heavy atom. The van der Waals surface area contributed by atoms with Crippen molar-refractivity contribution in [3.8, 4) is 0 Å². The highest BCUT2D eigenvalue weighted by Gasteiger charge is 2.20. The van der Waals surface area contributed by atoms with Crippen molar-refractivity contribution in [2.24, 2.45) is 5.73 Å². The average molecular weight is 424 g/mol.